The lowest BCUT2D eigenvalue weighted by atomic mass is 9.95. The predicted molar refractivity (Wildman–Crippen MR) is 106 cm³/mol. The first-order chi connectivity index (χ1) is 14.5. The van der Waals surface area contributed by atoms with E-state index < -0.39 is 36.9 Å². The van der Waals surface area contributed by atoms with Crippen molar-refractivity contribution in [3.05, 3.63) is 60.2 Å². The van der Waals surface area contributed by atoms with E-state index in [0.717, 1.165) is 5.56 Å². The molecule has 8 heteroatoms. The van der Waals surface area contributed by atoms with Crippen LogP contribution in [-0.4, -0.2) is 55.4 Å². The Morgan fingerprint density at radius 3 is 2.43 bits per heavy atom. The normalized spacial score (nSPS) is 30.8. The standard InChI is InChI=1S/C22H25NO7/c1-13(24)23-18-19(25)20-17(12-27-21(30-20)14-6-4-3-5-7-14)29-22(18)28-16-10-8-15(26-2)9-11-16/h3-11,17-22,25H,12H2,1-2H3,(H,23,24)/t17-,18-,19-,20-,21?,22-/m1/s1. The molecule has 30 heavy (non-hydrogen) atoms. The van der Waals surface area contributed by atoms with Crippen LogP contribution in [0.1, 0.15) is 18.8 Å². The molecule has 0 aliphatic carbocycles. The first-order valence-corrected chi connectivity index (χ1v) is 9.78. The second-order valence-electron chi connectivity index (χ2n) is 7.23. The molecule has 0 radical (unpaired) electrons. The van der Waals surface area contributed by atoms with E-state index in [-0.39, 0.29) is 12.5 Å². The Bertz CT molecular complexity index is 844. The van der Waals surface area contributed by atoms with Crippen LogP contribution >= 0.6 is 0 Å². The Morgan fingerprint density at radius 1 is 1.07 bits per heavy atom. The van der Waals surface area contributed by atoms with Gasteiger partial charge in [0.15, 0.2) is 6.29 Å². The maximum absolute atomic E-state index is 11.8. The van der Waals surface area contributed by atoms with Crippen molar-refractivity contribution in [1.82, 2.24) is 5.32 Å². The van der Waals surface area contributed by atoms with E-state index in [4.69, 9.17) is 23.7 Å². The zero-order valence-corrected chi connectivity index (χ0v) is 16.8. The molecule has 0 saturated carbocycles. The minimum atomic E-state index is -1.05. The molecule has 0 aromatic heterocycles. The molecule has 0 spiro atoms. The van der Waals surface area contributed by atoms with E-state index in [1.165, 1.54) is 6.92 Å². The second kappa shape index (κ2) is 9.01. The molecule has 2 heterocycles. The highest BCUT2D eigenvalue weighted by molar-refractivity contribution is 5.73. The molecule has 2 fully saturated rings. The molecule has 2 N–H and O–H groups in total. The van der Waals surface area contributed by atoms with Crippen LogP contribution in [0, 0.1) is 0 Å². The molecule has 2 aromatic rings. The van der Waals surface area contributed by atoms with Gasteiger partial charge in [-0.25, -0.2) is 0 Å². The van der Waals surface area contributed by atoms with Gasteiger partial charge in [-0.15, -0.1) is 0 Å². The fourth-order valence-electron chi connectivity index (χ4n) is 3.65. The molecule has 2 aromatic carbocycles. The average molecular weight is 415 g/mol. The van der Waals surface area contributed by atoms with Crippen molar-refractivity contribution in [3.63, 3.8) is 0 Å². The van der Waals surface area contributed by atoms with E-state index >= 15 is 0 Å². The van der Waals surface area contributed by atoms with Crippen molar-refractivity contribution >= 4 is 5.91 Å². The van der Waals surface area contributed by atoms with Gasteiger partial charge in [0.05, 0.1) is 13.7 Å². The van der Waals surface area contributed by atoms with Crippen LogP contribution in [0.2, 0.25) is 0 Å². The van der Waals surface area contributed by atoms with Crippen LogP contribution in [0.25, 0.3) is 0 Å². The highest BCUT2D eigenvalue weighted by Crippen LogP contribution is 2.35. The number of carbonyl (C=O) groups is 1. The third kappa shape index (κ3) is 4.41. The number of carbonyl (C=O) groups excluding carboxylic acids is 1. The van der Waals surface area contributed by atoms with Crippen LogP contribution < -0.4 is 14.8 Å². The summed E-state index contributed by atoms with van der Waals surface area (Å²) in [6, 6.07) is 15.6. The number of benzene rings is 2. The summed E-state index contributed by atoms with van der Waals surface area (Å²) in [5.74, 6) is 0.893. The van der Waals surface area contributed by atoms with Gasteiger partial charge in [0.1, 0.15) is 35.9 Å². The number of ether oxygens (including phenoxy) is 5. The second-order valence-corrected chi connectivity index (χ2v) is 7.23. The van der Waals surface area contributed by atoms with Crippen molar-refractivity contribution in [1.29, 1.82) is 0 Å². The maximum atomic E-state index is 11.8. The molecule has 2 saturated heterocycles. The minimum Gasteiger partial charge on any atom is -0.497 e. The number of hydrogen-bond donors (Lipinski definition) is 2. The summed E-state index contributed by atoms with van der Waals surface area (Å²) in [5.41, 5.74) is 0.843. The smallest absolute Gasteiger partial charge is 0.223 e. The van der Waals surface area contributed by atoms with E-state index in [1.54, 1.807) is 31.4 Å². The van der Waals surface area contributed by atoms with Crippen LogP contribution in [0.3, 0.4) is 0 Å². The van der Waals surface area contributed by atoms with Gasteiger partial charge in [0.25, 0.3) is 0 Å². The Labute approximate surface area is 174 Å². The van der Waals surface area contributed by atoms with Crippen LogP contribution in [0.5, 0.6) is 11.5 Å². The molecule has 0 bridgehead atoms. The lowest BCUT2D eigenvalue weighted by Crippen LogP contribution is -2.67. The molecule has 1 unspecified atom stereocenters. The van der Waals surface area contributed by atoms with Gasteiger partial charge in [-0.2, -0.15) is 0 Å². The lowest BCUT2D eigenvalue weighted by Gasteiger charge is -2.47. The zero-order chi connectivity index (χ0) is 21.1. The van der Waals surface area contributed by atoms with Gasteiger partial charge in [-0.05, 0) is 24.3 Å². The number of fused-ring (bicyclic) bond motifs is 1. The summed E-state index contributed by atoms with van der Waals surface area (Å²) >= 11 is 0. The van der Waals surface area contributed by atoms with Crippen molar-refractivity contribution < 1.29 is 33.6 Å². The fraction of sp³-hybridized carbons (Fsp3) is 0.409. The van der Waals surface area contributed by atoms with E-state index in [0.29, 0.717) is 11.5 Å². The van der Waals surface area contributed by atoms with Crippen LogP contribution in [-0.2, 0) is 19.0 Å². The quantitative estimate of drug-likeness (QED) is 0.769. The Kier molecular flexibility index (Phi) is 6.19. The number of rotatable bonds is 5. The van der Waals surface area contributed by atoms with Gasteiger partial charge < -0.3 is 34.1 Å². The minimum absolute atomic E-state index is 0.219. The van der Waals surface area contributed by atoms with E-state index in [9.17, 15) is 9.90 Å². The highest BCUT2D eigenvalue weighted by Gasteiger charge is 2.50. The number of amides is 1. The Hall–Kier alpha value is -2.65. The molecule has 8 nitrogen and oxygen atoms in total. The number of hydrogen-bond acceptors (Lipinski definition) is 7. The molecule has 2 aliphatic rings. The Balaban J connectivity index is 1.51. The van der Waals surface area contributed by atoms with Crippen molar-refractivity contribution in [2.75, 3.05) is 13.7 Å². The number of methoxy groups -OCH3 is 1. The van der Waals surface area contributed by atoms with Gasteiger partial charge in [0.2, 0.25) is 12.2 Å². The average Bonchev–Trinajstić information content (AvgIpc) is 2.77. The third-order valence-corrected chi connectivity index (χ3v) is 5.12. The maximum Gasteiger partial charge on any atom is 0.223 e. The fourth-order valence-corrected chi connectivity index (χ4v) is 3.65. The first kappa shape index (κ1) is 20.6. The number of aliphatic hydroxyl groups is 1. The van der Waals surface area contributed by atoms with Gasteiger partial charge in [-0.3, -0.25) is 4.79 Å². The van der Waals surface area contributed by atoms with Crippen LogP contribution in [0.4, 0.5) is 0 Å². The van der Waals surface area contributed by atoms with Crippen LogP contribution in [0.15, 0.2) is 54.6 Å². The lowest BCUT2D eigenvalue weighted by molar-refractivity contribution is -0.333. The van der Waals surface area contributed by atoms with Gasteiger partial charge in [-0.1, -0.05) is 30.3 Å². The van der Waals surface area contributed by atoms with E-state index in [1.807, 2.05) is 30.3 Å². The topological polar surface area (TPSA) is 95.5 Å². The molecular weight excluding hydrogens is 390 g/mol. The van der Waals surface area contributed by atoms with Gasteiger partial charge in [0, 0.05) is 12.5 Å². The highest BCUT2D eigenvalue weighted by atomic mass is 16.7. The van der Waals surface area contributed by atoms with Crippen molar-refractivity contribution in [2.45, 2.75) is 43.9 Å². The van der Waals surface area contributed by atoms with Gasteiger partial charge >= 0.3 is 0 Å². The monoisotopic (exact) mass is 415 g/mol. The summed E-state index contributed by atoms with van der Waals surface area (Å²) in [5, 5.41) is 13.8. The molecule has 2 aliphatic heterocycles. The predicted octanol–water partition coefficient (Wildman–Crippen LogP) is 1.78. The molecule has 1 amide bonds. The summed E-state index contributed by atoms with van der Waals surface area (Å²) in [4.78, 5) is 11.8. The third-order valence-electron chi connectivity index (χ3n) is 5.12. The van der Waals surface area contributed by atoms with Crippen molar-refractivity contribution in [2.24, 2.45) is 0 Å². The summed E-state index contributed by atoms with van der Waals surface area (Å²) in [6.07, 6.45) is -3.82. The number of aliphatic hydroxyl groups excluding tert-OH is 1. The SMILES string of the molecule is COc1ccc(O[C@@H]2O[C@@H]3COC(c4ccccc4)O[C@H]3[C@H](O)[C@H]2NC(C)=O)cc1. The molecule has 6 atom stereocenters. The first-order valence-electron chi connectivity index (χ1n) is 9.78. The molecule has 160 valence electrons. The molecular formula is C22H25NO7. The zero-order valence-electron chi connectivity index (χ0n) is 16.8. The van der Waals surface area contributed by atoms with Crippen molar-refractivity contribution in [3.8, 4) is 11.5 Å². The summed E-state index contributed by atoms with van der Waals surface area (Å²) < 4.78 is 28.9. The largest absolute Gasteiger partial charge is 0.497 e. The summed E-state index contributed by atoms with van der Waals surface area (Å²) in [7, 11) is 1.58. The van der Waals surface area contributed by atoms with E-state index in [2.05, 4.69) is 5.32 Å². The number of nitrogens with one attached hydrogen (secondary N) is 1. The molecule has 4 rings (SSSR count). The Morgan fingerprint density at radius 2 is 1.77 bits per heavy atom. The summed E-state index contributed by atoms with van der Waals surface area (Å²) in [6.45, 7) is 1.59.